The third kappa shape index (κ3) is 2.98. The highest BCUT2D eigenvalue weighted by Gasteiger charge is 2.32. The standard InChI is InChI=1S/C15H14ClN5O3S2/c16-10-8-12(17-9-10)15(22)20-4-6-21(7-5-20)26(23,24)13-3-1-2-11-14(13)19-25-18-11/h1-3,8-9,17H,4-7H2. The van der Waals surface area contributed by atoms with Crippen LogP contribution in [0.1, 0.15) is 10.5 Å². The van der Waals surface area contributed by atoms with Gasteiger partial charge in [-0.1, -0.05) is 17.7 Å². The first-order chi connectivity index (χ1) is 12.5. The Kier molecular flexibility index (Phi) is 4.43. The van der Waals surface area contributed by atoms with Gasteiger partial charge in [0, 0.05) is 32.4 Å². The SMILES string of the molecule is O=C(c1cc(Cl)c[nH]1)N1CCN(S(=O)(=O)c2cccc3nsnc23)CC1. The number of nitrogens with zero attached hydrogens (tertiary/aromatic N) is 4. The van der Waals surface area contributed by atoms with Crippen molar-refractivity contribution in [2.75, 3.05) is 26.2 Å². The summed E-state index contributed by atoms with van der Waals surface area (Å²) in [6.45, 7) is 1.05. The second-order valence-corrected chi connectivity index (χ2v) is 8.69. The van der Waals surface area contributed by atoms with E-state index in [1.165, 1.54) is 16.6 Å². The smallest absolute Gasteiger partial charge is 0.270 e. The van der Waals surface area contributed by atoms with Crippen molar-refractivity contribution in [1.82, 2.24) is 22.9 Å². The van der Waals surface area contributed by atoms with Crippen LogP contribution in [0.15, 0.2) is 35.4 Å². The Morgan fingerprint density at radius 1 is 1.19 bits per heavy atom. The Bertz CT molecular complexity index is 1070. The van der Waals surface area contributed by atoms with Crippen LogP contribution in [-0.2, 0) is 10.0 Å². The van der Waals surface area contributed by atoms with Crippen molar-refractivity contribution in [1.29, 1.82) is 0 Å². The van der Waals surface area contributed by atoms with Crippen molar-refractivity contribution in [2.45, 2.75) is 4.90 Å². The lowest BCUT2D eigenvalue weighted by atomic mass is 10.3. The van der Waals surface area contributed by atoms with E-state index < -0.39 is 10.0 Å². The zero-order chi connectivity index (χ0) is 18.3. The molecule has 0 spiro atoms. The van der Waals surface area contributed by atoms with E-state index in [1.807, 2.05) is 0 Å². The average molecular weight is 412 g/mol. The van der Waals surface area contributed by atoms with Gasteiger partial charge in [-0.2, -0.15) is 13.1 Å². The van der Waals surface area contributed by atoms with E-state index in [1.54, 1.807) is 23.1 Å². The molecule has 0 bridgehead atoms. The number of H-pyrrole nitrogens is 1. The second-order valence-electron chi connectivity index (χ2n) is 5.82. The summed E-state index contributed by atoms with van der Waals surface area (Å²) >= 11 is 6.82. The number of benzene rings is 1. The molecule has 11 heteroatoms. The number of rotatable bonds is 3. The first-order valence-electron chi connectivity index (χ1n) is 7.81. The van der Waals surface area contributed by atoms with E-state index in [9.17, 15) is 13.2 Å². The number of nitrogens with one attached hydrogen (secondary N) is 1. The molecule has 1 aromatic carbocycles. The van der Waals surface area contributed by atoms with Gasteiger partial charge in [-0.05, 0) is 18.2 Å². The minimum Gasteiger partial charge on any atom is -0.356 e. The summed E-state index contributed by atoms with van der Waals surface area (Å²) in [7, 11) is -3.70. The fourth-order valence-electron chi connectivity index (χ4n) is 2.92. The lowest BCUT2D eigenvalue weighted by molar-refractivity contribution is 0.0692. The van der Waals surface area contributed by atoms with Crippen LogP contribution in [-0.4, -0.2) is 63.4 Å². The van der Waals surface area contributed by atoms with Gasteiger partial charge in [-0.25, -0.2) is 8.42 Å². The maximum Gasteiger partial charge on any atom is 0.270 e. The molecule has 1 aliphatic rings. The molecule has 3 aromatic rings. The molecule has 0 atom stereocenters. The molecular weight excluding hydrogens is 398 g/mol. The van der Waals surface area contributed by atoms with Crippen LogP contribution < -0.4 is 0 Å². The van der Waals surface area contributed by atoms with E-state index in [4.69, 9.17) is 11.6 Å². The molecule has 1 saturated heterocycles. The van der Waals surface area contributed by atoms with Gasteiger partial charge in [0.15, 0.2) is 0 Å². The van der Waals surface area contributed by atoms with Crippen LogP contribution in [0.4, 0.5) is 0 Å². The first kappa shape index (κ1) is 17.4. The molecule has 136 valence electrons. The summed E-state index contributed by atoms with van der Waals surface area (Å²) in [5.74, 6) is -0.195. The number of sulfonamides is 1. The van der Waals surface area contributed by atoms with Crippen LogP contribution in [0.3, 0.4) is 0 Å². The van der Waals surface area contributed by atoms with Crippen LogP contribution >= 0.6 is 23.3 Å². The fourth-order valence-corrected chi connectivity index (χ4v) is 5.26. The number of fused-ring (bicyclic) bond motifs is 1. The van der Waals surface area contributed by atoms with Gasteiger partial charge in [-0.15, -0.1) is 0 Å². The maximum absolute atomic E-state index is 13.0. The van der Waals surface area contributed by atoms with Gasteiger partial charge in [0.1, 0.15) is 21.6 Å². The molecule has 0 radical (unpaired) electrons. The Labute approximate surface area is 158 Å². The topological polar surface area (TPSA) is 99.3 Å². The summed E-state index contributed by atoms with van der Waals surface area (Å²) < 4.78 is 35.5. The molecule has 0 unspecified atom stereocenters. The highest BCUT2D eigenvalue weighted by molar-refractivity contribution is 7.89. The monoisotopic (exact) mass is 411 g/mol. The number of hydrogen-bond donors (Lipinski definition) is 1. The normalized spacial score (nSPS) is 16.3. The minimum absolute atomic E-state index is 0.152. The number of aromatic amines is 1. The van der Waals surface area contributed by atoms with Crippen LogP contribution in [0.2, 0.25) is 5.02 Å². The third-order valence-corrected chi connectivity index (χ3v) is 6.96. The van der Waals surface area contributed by atoms with E-state index in [0.717, 1.165) is 11.7 Å². The highest BCUT2D eigenvalue weighted by Crippen LogP contribution is 2.25. The number of halogens is 1. The Morgan fingerprint density at radius 3 is 2.65 bits per heavy atom. The van der Waals surface area contributed by atoms with Crippen LogP contribution in [0.25, 0.3) is 11.0 Å². The number of carbonyl (C=O) groups excluding carboxylic acids is 1. The van der Waals surface area contributed by atoms with Gasteiger partial charge >= 0.3 is 0 Å². The number of carbonyl (C=O) groups is 1. The van der Waals surface area contributed by atoms with Gasteiger partial charge in [-0.3, -0.25) is 4.79 Å². The molecule has 0 saturated carbocycles. The van der Waals surface area contributed by atoms with E-state index in [2.05, 4.69) is 13.7 Å². The predicted molar refractivity (Wildman–Crippen MR) is 97.9 cm³/mol. The van der Waals surface area contributed by atoms with Crippen molar-refractivity contribution in [3.8, 4) is 0 Å². The van der Waals surface area contributed by atoms with E-state index in [-0.39, 0.29) is 23.9 Å². The largest absolute Gasteiger partial charge is 0.356 e. The maximum atomic E-state index is 13.0. The lowest BCUT2D eigenvalue weighted by Gasteiger charge is -2.33. The van der Waals surface area contributed by atoms with Crippen molar-refractivity contribution in [3.05, 3.63) is 41.2 Å². The quantitative estimate of drug-likeness (QED) is 0.708. The highest BCUT2D eigenvalue weighted by atomic mass is 35.5. The molecule has 0 aliphatic carbocycles. The summed E-state index contributed by atoms with van der Waals surface area (Å²) in [6, 6.07) is 6.49. The van der Waals surface area contributed by atoms with Gasteiger partial charge in [0.2, 0.25) is 10.0 Å². The third-order valence-electron chi connectivity index (χ3n) is 4.27. The number of piperazine rings is 1. The van der Waals surface area contributed by atoms with Gasteiger partial charge in [0.05, 0.1) is 16.8 Å². The Balaban J connectivity index is 1.52. The van der Waals surface area contributed by atoms with Crippen molar-refractivity contribution >= 4 is 50.3 Å². The molecule has 2 aromatic heterocycles. The molecule has 3 heterocycles. The summed E-state index contributed by atoms with van der Waals surface area (Å²) in [5.41, 5.74) is 1.34. The lowest BCUT2D eigenvalue weighted by Crippen LogP contribution is -2.50. The average Bonchev–Trinajstić information content (AvgIpc) is 3.29. The molecule has 26 heavy (non-hydrogen) atoms. The van der Waals surface area contributed by atoms with Gasteiger partial charge in [0.25, 0.3) is 5.91 Å². The zero-order valence-corrected chi connectivity index (χ0v) is 15.8. The molecular formula is C15H14ClN5O3S2. The van der Waals surface area contributed by atoms with Crippen molar-refractivity contribution < 1.29 is 13.2 Å². The summed E-state index contributed by atoms with van der Waals surface area (Å²) in [6.07, 6.45) is 1.54. The summed E-state index contributed by atoms with van der Waals surface area (Å²) in [4.78, 5) is 17.0. The Hall–Kier alpha value is -2.01. The Morgan fingerprint density at radius 2 is 1.96 bits per heavy atom. The second kappa shape index (κ2) is 6.62. The number of aromatic nitrogens is 3. The van der Waals surface area contributed by atoms with Crippen LogP contribution in [0, 0.1) is 0 Å². The molecule has 8 nitrogen and oxygen atoms in total. The number of amides is 1. The van der Waals surface area contributed by atoms with E-state index >= 15 is 0 Å². The first-order valence-corrected chi connectivity index (χ1v) is 10.4. The molecule has 1 fully saturated rings. The minimum atomic E-state index is -3.70. The predicted octanol–water partition coefficient (Wildman–Crippen LogP) is 1.82. The zero-order valence-electron chi connectivity index (χ0n) is 13.4. The summed E-state index contributed by atoms with van der Waals surface area (Å²) in [5, 5.41) is 0.458. The molecule has 1 amide bonds. The fraction of sp³-hybridized carbons (Fsp3) is 0.267. The van der Waals surface area contributed by atoms with Crippen molar-refractivity contribution in [2.24, 2.45) is 0 Å². The van der Waals surface area contributed by atoms with Crippen molar-refractivity contribution in [3.63, 3.8) is 0 Å². The van der Waals surface area contributed by atoms with E-state index in [0.29, 0.717) is 34.8 Å². The van der Waals surface area contributed by atoms with Crippen LogP contribution in [0.5, 0.6) is 0 Å². The molecule has 4 rings (SSSR count). The molecule has 1 N–H and O–H groups in total. The van der Waals surface area contributed by atoms with Gasteiger partial charge < -0.3 is 9.88 Å². The molecule has 1 aliphatic heterocycles. The number of hydrogen-bond acceptors (Lipinski definition) is 6.